The van der Waals surface area contributed by atoms with Crippen molar-refractivity contribution in [1.82, 2.24) is 19.6 Å². The van der Waals surface area contributed by atoms with Gasteiger partial charge in [0.25, 0.3) is 0 Å². The summed E-state index contributed by atoms with van der Waals surface area (Å²) in [6, 6.07) is 6.37. The number of hydrogen-bond donors (Lipinski definition) is 2. The van der Waals surface area contributed by atoms with Crippen LogP contribution < -0.4 is 11.0 Å². The highest BCUT2D eigenvalue weighted by molar-refractivity contribution is 9.10. The number of H-pyrrole nitrogens is 1. The molecule has 3 aromatic rings. The van der Waals surface area contributed by atoms with Crippen LogP contribution in [-0.4, -0.2) is 19.6 Å². The van der Waals surface area contributed by atoms with Gasteiger partial charge in [-0.15, -0.1) is 0 Å². The fourth-order valence-corrected chi connectivity index (χ4v) is 2.46. The average molecular weight is 352 g/mol. The number of benzene rings is 1. The van der Waals surface area contributed by atoms with E-state index in [0.717, 1.165) is 4.47 Å². The molecule has 0 atom stereocenters. The smallest absolute Gasteiger partial charge is 0.349 e. The molecule has 6 nitrogen and oxygen atoms in total. The average Bonchev–Trinajstić information content (AvgIpc) is 2.82. The Hall–Kier alpha value is -2.22. The lowest BCUT2D eigenvalue weighted by Gasteiger charge is -2.08. The van der Waals surface area contributed by atoms with Crippen LogP contribution in [0.1, 0.15) is 11.4 Å². The van der Waals surface area contributed by atoms with E-state index in [0.29, 0.717) is 22.9 Å². The van der Waals surface area contributed by atoms with Gasteiger partial charge in [-0.2, -0.15) is 5.10 Å². The molecule has 0 fully saturated rings. The van der Waals surface area contributed by atoms with E-state index in [-0.39, 0.29) is 18.1 Å². The van der Waals surface area contributed by atoms with Crippen LogP contribution in [0.3, 0.4) is 0 Å². The van der Waals surface area contributed by atoms with Crippen molar-refractivity contribution in [3.8, 4) is 0 Å². The number of aromatic nitrogens is 4. The molecule has 1 aromatic carbocycles. The highest BCUT2D eigenvalue weighted by atomic mass is 79.9. The first kappa shape index (κ1) is 13.7. The van der Waals surface area contributed by atoms with Gasteiger partial charge in [0.1, 0.15) is 17.5 Å². The summed E-state index contributed by atoms with van der Waals surface area (Å²) in [5.74, 6) is 0.737. The molecule has 0 saturated heterocycles. The summed E-state index contributed by atoms with van der Waals surface area (Å²) >= 11 is 3.31. The lowest BCUT2D eigenvalue weighted by atomic mass is 10.2. The molecule has 0 bridgehead atoms. The van der Waals surface area contributed by atoms with Crippen molar-refractivity contribution in [3.05, 3.63) is 56.4 Å². The summed E-state index contributed by atoms with van der Waals surface area (Å²) in [5.41, 5.74) is 0.646. The van der Waals surface area contributed by atoms with Gasteiger partial charge in [0.2, 0.25) is 0 Å². The first-order valence-corrected chi connectivity index (χ1v) is 6.96. The molecule has 108 valence electrons. The molecule has 0 amide bonds. The third-order valence-electron chi connectivity index (χ3n) is 3.04. The number of fused-ring (bicyclic) bond motifs is 1. The predicted octanol–water partition coefficient (Wildman–Crippen LogP) is 2.24. The van der Waals surface area contributed by atoms with Gasteiger partial charge in [-0.1, -0.05) is 15.9 Å². The molecule has 2 aromatic heterocycles. The fraction of sp³-hybridized carbons (Fsp3) is 0.154. The first-order valence-electron chi connectivity index (χ1n) is 6.17. The van der Waals surface area contributed by atoms with Crippen molar-refractivity contribution in [3.63, 3.8) is 0 Å². The zero-order valence-electron chi connectivity index (χ0n) is 11.0. The SMILES string of the molecule is Cc1nc(NCc2cc(Br)ccc2F)cc2n[nH]c(=O)n12. The third-order valence-corrected chi connectivity index (χ3v) is 3.53. The molecule has 0 saturated carbocycles. The molecule has 3 rings (SSSR count). The van der Waals surface area contributed by atoms with E-state index in [1.165, 1.54) is 10.5 Å². The maximum atomic E-state index is 13.7. The van der Waals surface area contributed by atoms with E-state index in [9.17, 15) is 9.18 Å². The Morgan fingerprint density at radius 3 is 3.05 bits per heavy atom. The number of halogens is 2. The Labute approximate surface area is 127 Å². The quantitative estimate of drug-likeness (QED) is 0.758. The zero-order valence-corrected chi connectivity index (χ0v) is 12.6. The van der Waals surface area contributed by atoms with Gasteiger partial charge in [-0.05, 0) is 25.1 Å². The minimum Gasteiger partial charge on any atom is -0.366 e. The van der Waals surface area contributed by atoms with E-state index in [2.05, 4.69) is 36.4 Å². The molecule has 0 spiro atoms. The van der Waals surface area contributed by atoms with Crippen LogP contribution in [0, 0.1) is 12.7 Å². The largest absolute Gasteiger partial charge is 0.366 e. The Balaban J connectivity index is 1.88. The molecule has 8 heteroatoms. The highest BCUT2D eigenvalue weighted by Gasteiger charge is 2.08. The molecule has 2 heterocycles. The normalized spacial score (nSPS) is 11.0. The monoisotopic (exact) mass is 351 g/mol. The van der Waals surface area contributed by atoms with Gasteiger partial charge >= 0.3 is 5.69 Å². The van der Waals surface area contributed by atoms with Gasteiger partial charge in [0.15, 0.2) is 5.65 Å². The van der Waals surface area contributed by atoms with Crippen LogP contribution >= 0.6 is 15.9 Å². The van der Waals surface area contributed by atoms with Crippen LogP contribution in [0.5, 0.6) is 0 Å². The van der Waals surface area contributed by atoms with Gasteiger partial charge < -0.3 is 5.32 Å². The Morgan fingerprint density at radius 2 is 2.24 bits per heavy atom. The molecule has 0 radical (unpaired) electrons. The number of aromatic amines is 1. The lowest BCUT2D eigenvalue weighted by Crippen LogP contribution is -2.14. The fourth-order valence-electron chi connectivity index (χ4n) is 2.05. The molecular weight excluding hydrogens is 341 g/mol. The number of anilines is 1. The van der Waals surface area contributed by atoms with Gasteiger partial charge in [0, 0.05) is 22.6 Å². The molecule has 0 unspecified atom stereocenters. The van der Waals surface area contributed by atoms with Gasteiger partial charge in [0.05, 0.1) is 0 Å². The van der Waals surface area contributed by atoms with Crippen LogP contribution in [-0.2, 0) is 6.54 Å². The van der Waals surface area contributed by atoms with E-state index in [1.807, 2.05) is 0 Å². The second kappa shape index (κ2) is 5.28. The third kappa shape index (κ3) is 2.66. The molecule has 0 aliphatic heterocycles. The second-order valence-electron chi connectivity index (χ2n) is 4.50. The standard InChI is InChI=1S/C13H11BrFN5O/c1-7-17-11(5-12-18-19-13(21)20(7)12)16-6-8-4-9(14)2-3-10(8)15/h2-5,16H,6H2,1H3,(H,19,21). The lowest BCUT2D eigenvalue weighted by molar-refractivity contribution is 0.612. The van der Waals surface area contributed by atoms with Crippen molar-refractivity contribution in [1.29, 1.82) is 0 Å². The minimum absolute atomic E-state index is 0.280. The molecule has 0 aliphatic rings. The number of nitrogens with zero attached hydrogens (tertiary/aromatic N) is 3. The van der Waals surface area contributed by atoms with Crippen molar-refractivity contribution >= 4 is 27.4 Å². The Bertz CT molecular complexity index is 873. The summed E-state index contributed by atoms with van der Waals surface area (Å²) in [4.78, 5) is 15.8. The number of aryl methyl sites for hydroxylation is 1. The van der Waals surface area contributed by atoms with Gasteiger partial charge in [-0.3, -0.25) is 0 Å². The van der Waals surface area contributed by atoms with E-state index in [1.54, 1.807) is 25.1 Å². The highest BCUT2D eigenvalue weighted by Crippen LogP contribution is 2.17. The van der Waals surface area contributed by atoms with E-state index >= 15 is 0 Å². The Morgan fingerprint density at radius 1 is 1.43 bits per heavy atom. The van der Waals surface area contributed by atoms with Crippen LogP contribution in [0.25, 0.3) is 5.65 Å². The van der Waals surface area contributed by atoms with E-state index < -0.39 is 0 Å². The van der Waals surface area contributed by atoms with Crippen molar-refractivity contribution in [2.24, 2.45) is 0 Å². The summed E-state index contributed by atoms with van der Waals surface area (Å²) < 4.78 is 15.8. The minimum atomic E-state index is -0.334. The van der Waals surface area contributed by atoms with E-state index in [4.69, 9.17) is 0 Å². The number of nitrogens with one attached hydrogen (secondary N) is 2. The Kier molecular flexibility index (Phi) is 3.46. The summed E-state index contributed by atoms with van der Waals surface area (Å²) in [6.45, 7) is 1.98. The molecule has 21 heavy (non-hydrogen) atoms. The van der Waals surface area contributed by atoms with Crippen LogP contribution in [0.2, 0.25) is 0 Å². The number of rotatable bonds is 3. The second-order valence-corrected chi connectivity index (χ2v) is 5.42. The van der Waals surface area contributed by atoms with Crippen LogP contribution in [0.4, 0.5) is 10.2 Å². The summed E-state index contributed by atoms with van der Waals surface area (Å²) in [7, 11) is 0. The summed E-state index contributed by atoms with van der Waals surface area (Å²) in [6.07, 6.45) is 0. The maximum Gasteiger partial charge on any atom is 0.349 e. The molecule has 2 N–H and O–H groups in total. The van der Waals surface area contributed by atoms with Crippen molar-refractivity contribution < 1.29 is 4.39 Å². The van der Waals surface area contributed by atoms with Crippen molar-refractivity contribution in [2.75, 3.05) is 5.32 Å². The summed E-state index contributed by atoms with van der Waals surface area (Å²) in [5, 5.41) is 9.28. The van der Waals surface area contributed by atoms with Crippen molar-refractivity contribution in [2.45, 2.75) is 13.5 Å². The van der Waals surface area contributed by atoms with Crippen LogP contribution in [0.15, 0.2) is 33.5 Å². The first-order chi connectivity index (χ1) is 10.0. The number of hydrogen-bond acceptors (Lipinski definition) is 4. The molecular formula is C13H11BrFN5O. The maximum absolute atomic E-state index is 13.7. The predicted molar refractivity (Wildman–Crippen MR) is 79.8 cm³/mol. The van der Waals surface area contributed by atoms with Gasteiger partial charge in [-0.25, -0.2) is 23.7 Å². The topological polar surface area (TPSA) is 75.1 Å². The molecule has 0 aliphatic carbocycles. The zero-order chi connectivity index (χ0) is 15.0.